The van der Waals surface area contributed by atoms with Gasteiger partial charge in [0.15, 0.2) is 0 Å². The van der Waals surface area contributed by atoms with Gasteiger partial charge in [-0.1, -0.05) is 30.3 Å². The zero-order chi connectivity index (χ0) is 18.0. The molecule has 1 heterocycles. The van der Waals surface area contributed by atoms with Gasteiger partial charge in [-0.25, -0.2) is 4.79 Å². The average molecular weight is 343 g/mol. The van der Waals surface area contributed by atoms with Gasteiger partial charge in [-0.05, 0) is 42.3 Å². The van der Waals surface area contributed by atoms with Crippen LogP contribution >= 0.6 is 0 Å². The van der Waals surface area contributed by atoms with Crippen molar-refractivity contribution in [3.63, 3.8) is 0 Å². The number of alkyl halides is 2. The fourth-order valence-corrected chi connectivity index (χ4v) is 2.68. The summed E-state index contributed by atoms with van der Waals surface area (Å²) < 4.78 is 30.0. The van der Waals surface area contributed by atoms with Crippen LogP contribution in [0.3, 0.4) is 0 Å². The van der Waals surface area contributed by atoms with Crippen LogP contribution in [-0.4, -0.2) is 22.7 Å². The van der Waals surface area contributed by atoms with Crippen LogP contribution in [0.25, 0.3) is 22.4 Å². The van der Waals surface area contributed by atoms with Gasteiger partial charge in [-0.3, -0.25) is 0 Å². The lowest BCUT2D eigenvalue weighted by molar-refractivity contribution is -0.0494. The summed E-state index contributed by atoms with van der Waals surface area (Å²) in [7, 11) is 0. The van der Waals surface area contributed by atoms with E-state index in [2.05, 4.69) is 9.72 Å². The number of benzene rings is 2. The molecular weight excluding hydrogens is 328 g/mol. The van der Waals surface area contributed by atoms with Gasteiger partial charge in [0.2, 0.25) is 0 Å². The molecule has 128 valence electrons. The number of nitrogens with one attached hydrogen (secondary N) is 1. The molecule has 2 aromatic carbocycles. The van der Waals surface area contributed by atoms with Crippen molar-refractivity contribution in [2.24, 2.45) is 0 Å². The Bertz CT molecular complexity index is 904. The first-order valence-corrected chi connectivity index (χ1v) is 7.53. The van der Waals surface area contributed by atoms with Crippen LogP contribution in [0.1, 0.15) is 16.1 Å². The smallest absolute Gasteiger partial charge is 0.387 e. The number of halogens is 2. The number of hydrogen-bond acceptors (Lipinski definition) is 2. The number of aryl methyl sites for hydroxylation is 1. The molecule has 1 aromatic heterocycles. The maximum Gasteiger partial charge on any atom is 0.387 e. The number of aromatic carboxylic acids is 1. The van der Waals surface area contributed by atoms with Crippen LogP contribution in [0.2, 0.25) is 0 Å². The number of carboxylic acids is 1. The first-order valence-electron chi connectivity index (χ1n) is 7.53. The zero-order valence-electron chi connectivity index (χ0n) is 13.3. The lowest BCUT2D eigenvalue weighted by Crippen LogP contribution is -2.03. The van der Waals surface area contributed by atoms with E-state index in [0.29, 0.717) is 22.5 Å². The molecule has 25 heavy (non-hydrogen) atoms. The van der Waals surface area contributed by atoms with Crippen molar-refractivity contribution in [2.75, 3.05) is 0 Å². The van der Waals surface area contributed by atoms with Gasteiger partial charge in [-0.15, -0.1) is 0 Å². The Morgan fingerprint density at radius 2 is 1.80 bits per heavy atom. The minimum absolute atomic E-state index is 0.0617. The van der Waals surface area contributed by atoms with E-state index < -0.39 is 12.6 Å². The molecule has 0 fully saturated rings. The Balaban J connectivity index is 2.11. The van der Waals surface area contributed by atoms with Gasteiger partial charge in [-0.2, -0.15) is 8.78 Å². The molecule has 0 unspecified atom stereocenters. The largest absolute Gasteiger partial charge is 0.478 e. The van der Waals surface area contributed by atoms with E-state index in [-0.39, 0.29) is 11.3 Å². The first-order chi connectivity index (χ1) is 12.0. The molecule has 6 heteroatoms. The SMILES string of the molecule is Cc1[nH]c(-c2ccc(OC(F)F)c(-c3ccccc3)c2)cc1C(=O)O. The van der Waals surface area contributed by atoms with Gasteiger partial charge < -0.3 is 14.8 Å². The molecular formula is C19H15F2NO3. The van der Waals surface area contributed by atoms with Gasteiger partial charge in [0.1, 0.15) is 5.75 Å². The van der Waals surface area contributed by atoms with E-state index in [4.69, 9.17) is 0 Å². The highest BCUT2D eigenvalue weighted by atomic mass is 19.3. The van der Waals surface area contributed by atoms with E-state index >= 15 is 0 Å². The van der Waals surface area contributed by atoms with E-state index in [1.807, 2.05) is 6.07 Å². The highest BCUT2D eigenvalue weighted by molar-refractivity contribution is 5.91. The summed E-state index contributed by atoms with van der Waals surface area (Å²) >= 11 is 0. The number of rotatable bonds is 5. The predicted molar refractivity (Wildman–Crippen MR) is 90.0 cm³/mol. The standard InChI is InChI=1S/C19H15F2NO3/c1-11-14(18(23)24)10-16(22-11)13-7-8-17(25-19(20)21)15(9-13)12-5-3-2-4-6-12/h2-10,19,22H,1H3,(H,23,24). The highest BCUT2D eigenvalue weighted by Crippen LogP contribution is 2.35. The molecule has 0 aliphatic heterocycles. The van der Waals surface area contributed by atoms with Crippen LogP contribution in [0.5, 0.6) is 5.75 Å². The van der Waals surface area contributed by atoms with Crippen molar-refractivity contribution in [1.29, 1.82) is 0 Å². The van der Waals surface area contributed by atoms with Gasteiger partial charge >= 0.3 is 12.6 Å². The van der Waals surface area contributed by atoms with Gasteiger partial charge in [0.05, 0.1) is 5.56 Å². The lowest BCUT2D eigenvalue weighted by atomic mass is 10.0. The van der Waals surface area contributed by atoms with Crippen molar-refractivity contribution < 1.29 is 23.4 Å². The van der Waals surface area contributed by atoms with E-state index in [1.165, 1.54) is 12.1 Å². The highest BCUT2D eigenvalue weighted by Gasteiger charge is 2.16. The molecule has 0 radical (unpaired) electrons. The number of aromatic nitrogens is 1. The molecule has 0 aliphatic rings. The summed E-state index contributed by atoms with van der Waals surface area (Å²) in [5.41, 5.74) is 3.19. The fourth-order valence-electron chi connectivity index (χ4n) is 2.68. The summed E-state index contributed by atoms with van der Waals surface area (Å²) in [6.45, 7) is -1.26. The van der Waals surface area contributed by atoms with Gasteiger partial charge in [0.25, 0.3) is 0 Å². The molecule has 4 nitrogen and oxygen atoms in total. The van der Waals surface area contributed by atoms with Crippen molar-refractivity contribution >= 4 is 5.97 Å². The van der Waals surface area contributed by atoms with Gasteiger partial charge in [0, 0.05) is 17.0 Å². The third kappa shape index (κ3) is 3.52. The number of aromatic amines is 1. The second kappa shape index (κ2) is 6.76. The second-order valence-electron chi connectivity index (χ2n) is 5.48. The quantitative estimate of drug-likeness (QED) is 0.688. The molecule has 0 saturated carbocycles. The average Bonchev–Trinajstić information content (AvgIpc) is 2.97. The minimum Gasteiger partial charge on any atom is -0.478 e. The summed E-state index contributed by atoms with van der Waals surface area (Å²) in [5, 5.41) is 9.18. The van der Waals surface area contributed by atoms with Crippen molar-refractivity contribution in [2.45, 2.75) is 13.5 Å². The summed E-state index contributed by atoms with van der Waals surface area (Å²) in [6.07, 6.45) is 0. The number of H-pyrrole nitrogens is 1. The van der Waals surface area contributed by atoms with Crippen molar-refractivity contribution in [3.05, 3.63) is 65.9 Å². The van der Waals surface area contributed by atoms with Crippen LogP contribution in [0.15, 0.2) is 54.6 Å². The van der Waals surface area contributed by atoms with Crippen molar-refractivity contribution in [1.82, 2.24) is 4.98 Å². The molecule has 0 bridgehead atoms. The van der Waals surface area contributed by atoms with Crippen LogP contribution in [0, 0.1) is 6.92 Å². The van der Waals surface area contributed by atoms with E-state index in [9.17, 15) is 18.7 Å². The third-order valence-corrected chi connectivity index (χ3v) is 3.84. The Morgan fingerprint density at radius 3 is 2.40 bits per heavy atom. The molecule has 2 N–H and O–H groups in total. The van der Waals surface area contributed by atoms with Crippen LogP contribution < -0.4 is 4.74 Å². The van der Waals surface area contributed by atoms with E-state index in [1.54, 1.807) is 43.3 Å². The maximum absolute atomic E-state index is 12.7. The molecule has 0 spiro atoms. The van der Waals surface area contributed by atoms with Crippen molar-refractivity contribution in [3.8, 4) is 28.1 Å². The zero-order valence-corrected chi connectivity index (χ0v) is 13.3. The van der Waals surface area contributed by atoms with Crippen LogP contribution in [0.4, 0.5) is 8.78 Å². The summed E-state index contributed by atoms with van der Waals surface area (Å²) in [4.78, 5) is 14.2. The molecule has 0 saturated heterocycles. The van der Waals surface area contributed by atoms with E-state index in [0.717, 1.165) is 5.56 Å². The Labute approximate surface area is 142 Å². The number of ether oxygens (including phenoxy) is 1. The topological polar surface area (TPSA) is 62.3 Å². The Kier molecular flexibility index (Phi) is 4.52. The minimum atomic E-state index is -2.93. The maximum atomic E-state index is 12.7. The van der Waals surface area contributed by atoms with Crippen LogP contribution in [-0.2, 0) is 0 Å². The fraction of sp³-hybridized carbons (Fsp3) is 0.105. The second-order valence-corrected chi connectivity index (χ2v) is 5.48. The monoisotopic (exact) mass is 343 g/mol. The normalized spacial score (nSPS) is 10.9. The summed E-state index contributed by atoms with van der Waals surface area (Å²) in [6, 6.07) is 15.3. The number of carbonyl (C=O) groups is 1. The molecule has 0 amide bonds. The lowest BCUT2D eigenvalue weighted by Gasteiger charge is -2.12. The molecule has 3 aromatic rings. The number of carboxylic acid groups (broad SMARTS) is 1. The Morgan fingerprint density at radius 1 is 1.08 bits per heavy atom. The first kappa shape index (κ1) is 16.7. The molecule has 0 aliphatic carbocycles. The molecule has 3 rings (SSSR count). The number of hydrogen-bond donors (Lipinski definition) is 2. The Hall–Kier alpha value is -3.15. The predicted octanol–water partition coefficient (Wildman–Crippen LogP) is 4.96. The summed E-state index contributed by atoms with van der Waals surface area (Å²) in [5.74, 6) is -0.965. The molecule has 0 atom stereocenters. The third-order valence-electron chi connectivity index (χ3n) is 3.84.